The van der Waals surface area contributed by atoms with Crippen LogP contribution in [0.25, 0.3) is 33.3 Å². The average Bonchev–Trinajstić information content (AvgIpc) is 3.47. The van der Waals surface area contributed by atoms with E-state index in [4.69, 9.17) is 14.8 Å². The highest BCUT2D eigenvalue weighted by Gasteiger charge is 2.30. The number of nitrogens with zero attached hydrogens (tertiary/aromatic N) is 6. The molecule has 6 rings (SSSR count). The van der Waals surface area contributed by atoms with Crippen LogP contribution < -0.4 is 0 Å². The van der Waals surface area contributed by atoms with Gasteiger partial charge < -0.3 is 9.64 Å². The van der Waals surface area contributed by atoms with E-state index in [9.17, 15) is 4.79 Å². The number of fused-ring (bicyclic) bond motifs is 2. The number of carbonyl (C=O) groups is 1. The molecule has 34 heavy (non-hydrogen) atoms. The fraction of sp³-hybridized carbons (Fsp3) is 0.385. The first-order valence-corrected chi connectivity index (χ1v) is 11.9. The summed E-state index contributed by atoms with van der Waals surface area (Å²) >= 11 is 0. The Morgan fingerprint density at radius 2 is 2.03 bits per heavy atom. The fourth-order valence-electron chi connectivity index (χ4n) is 5.25. The van der Waals surface area contributed by atoms with Gasteiger partial charge in [0.1, 0.15) is 0 Å². The van der Waals surface area contributed by atoms with Crippen molar-refractivity contribution in [1.29, 1.82) is 0 Å². The monoisotopic (exact) mass is 456 g/mol. The van der Waals surface area contributed by atoms with Gasteiger partial charge in [0, 0.05) is 86.9 Å². The predicted molar refractivity (Wildman–Crippen MR) is 129 cm³/mol. The molecule has 0 atom stereocenters. The third-order valence-corrected chi connectivity index (χ3v) is 7.09. The van der Waals surface area contributed by atoms with E-state index in [0.717, 1.165) is 77.9 Å². The van der Waals surface area contributed by atoms with E-state index >= 15 is 0 Å². The minimum absolute atomic E-state index is 0.108. The van der Waals surface area contributed by atoms with Gasteiger partial charge in [0.15, 0.2) is 0 Å². The fourth-order valence-corrected chi connectivity index (χ4v) is 5.25. The highest BCUT2D eigenvalue weighted by Crippen LogP contribution is 2.37. The maximum Gasteiger partial charge on any atom is 0.219 e. The third kappa shape index (κ3) is 3.58. The minimum Gasteiger partial charge on any atom is -0.381 e. The summed E-state index contributed by atoms with van der Waals surface area (Å²) < 4.78 is 9.63. The van der Waals surface area contributed by atoms with Crippen molar-refractivity contribution in [3.05, 3.63) is 54.1 Å². The lowest BCUT2D eigenvalue weighted by Crippen LogP contribution is -2.35. The Labute approximate surface area is 198 Å². The SMILES string of the molecule is CC(=O)N1CCc2c(c(-c3cccc4cc(-c5cnn(C)c5)ncc34)nn2C2CCOCC2)C1. The smallest absolute Gasteiger partial charge is 0.219 e. The first-order valence-electron chi connectivity index (χ1n) is 11.9. The molecule has 5 heterocycles. The molecule has 2 aliphatic heterocycles. The summed E-state index contributed by atoms with van der Waals surface area (Å²) in [4.78, 5) is 18.9. The molecule has 0 saturated carbocycles. The van der Waals surface area contributed by atoms with Gasteiger partial charge in [-0.3, -0.25) is 19.1 Å². The molecule has 174 valence electrons. The molecule has 1 amide bonds. The van der Waals surface area contributed by atoms with Gasteiger partial charge in [-0.25, -0.2) is 0 Å². The normalized spacial score (nSPS) is 16.7. The number of aryl methyl sites for hydroxylation is 1. The first-order chi connectivity index (χ1) is 16.6. The molecule has 8 nitrogen and oxygen atoms in total. The zero-order valence-corrected chi connectivity index (χ0v) is 19.6. The number of carbonyl (C=O) groups excluding carboxylic acids is 1. The lowest BCUT2D eigenvalue weighted by molar-refractivity contribution is -0.129. The van der Waals surface area contributed by atoms with Crippen LogP contribution in [-0.4, -0.2) is 55.1 Å². The van der Waals surface area contributed by atoms with Gasteiger partial charge in [-0.1, -0.05) is 18.2 Å². The van der Waals surface area contributed by atoms with Crippen molar-refractivity contribution in [1.82, 2.24) is 29.4 Å². The van der Waals surface area contributed by atoms with Crippen LogP contribution >= 0.6 is 0 Å². The van der Waals surface area contributed by atoms with E-state index in [0.29, 0.717) is 12.6 Å². The number of ether oxygens (including phenoxy) is 1. The lowest BCUT2D eigenvalue weighted by Gasteiger charge is -2.29. The summed E-state index contributed by atoms with van der Waals surface area (Å²) in [6, 6.07) is 8.77. The van der Waals surface area contributed by atoms with Gasteiger partial charge in [-0.05, 0) is 24.3 Å². The molecule has 0 bridgehead atoms. The lowest BCUT2D eigenvalue weighted by atomic mass is 9.96. The molecule has 3 aromatic heterocycles. The van der Waals surface area contributed by atoms with E-state index < -0.39 is 0 Å². The molecule has 8 heteroatoms. The standard InChI is InChI=1S/C26H28N6O2/c1-17(33)31-9-6-25-23(16-31)26(29-32(25)20-7-10-34-11-8-20)21-5-3-4-18-12-24(27-14-22(18)21)19-13-28-30(2)15-19/h3-5,12-15,20H,6-11,16H2,1-2H3. The third-order valence-electron chi connectivity index (χ3n) is 7.09. The molecule has 0 spiro atoms. The second-order valence-corrected chi connectivity index (χ2v) is 9.25. The summed E-state index contributed by atoms with van der Waals surface area (Å²) in [7, 11) is 1.91. The molecule has 4 aromatic rings. The van der Waals surface area contributed by atoms with Crippen LogP contribution in [0.5, 0.6) is 0 Å². The Morgan fingerprint density at radius 3 is 2.79 bits per heavy atom. The van der Waals surface area contributed by atoms with E-state index in [2.05, 4.69) is 34.0 Å². The van der Waals surface area contributed by atoms with Crippen LogP contribution in [0.1, 0.15) is 37.1 Å². The molecule has 1 fully saturated rings. The molecular weight excluding hydrogens is 428 g/mol. The summed E-state index contributed by atoms with van der Waals surface area (Å²) in [6.07, 6.45) is 8.51. The quantitative estimate of drug-likeness (QED) is 0.469. The van der Waals surface area contributed by atoms with E-state index in [1.165, 1.54) is 5.69 Å². The van der Waals surface area contributed by atoms with Crippen LogP contribution in [-0.2, 0) is 29.5 Å². The zero-order chi connectivity index (χ0) is 23.2. The Balaban J connectivity index is 1.49. The number of pyridine rings is 1. The topological polar surface area (TPSA) is 78.1 Å². The zero-order valence-electron chi connectivity index (χ0n) is 19.6. The number of rotatable bonds is 3. The summed E-state index contributed by atoms with van der Waals surface area (Å²) in [5, 5.41) is 11.6. The molecule has 1 saturated heterocycles. The van der Waals surface area contributed by atoms with Crippen molar-refractivity contribution >= 4 is 16.7 Å². The van der Waals surface area contributed by atoms with E-state index in [-0.39, 0.29) is 5.91 Å². The van der Waals surface area contributed by atoms with Gasteiger partial charge >= 0.3 is 0 Å². The highest BCUT2D eigenvalue weighted by atomic mass is 16.5. The van der Waals surface area contributed by atoms with Crippen molar-refractivity contribution in [2.45, 2.75) is 38.8 Å². The Bertz CT molecular complexity index is 1380. The summed E-state index contributed by atoms with van der Waals surface area (Å²) in [5.41, 5.74) is 6.35. The number of amides is 1. The van der Waals surface area contributed by atoms with Gasteiger partial charge in [0.25, 0.3) is 0 Å². The molecule has 2 aliphatic rings. The number of hydrogen-bond acceptors (Lipinski definition) is 5. The van der Waals surface area contributed by atoms with Crippen LogP contribution in [0.2, 0.25) is 0 Å². The second-order valence-electron chi connectivity index (χ2n) is 9.25. The molecule has 0 N–H and O–H groups in total. The summed E-state index contributed by atoms with van der Waals surface area (Å²) in [6.45, 7) is 4.52. The molecular formula is C26H28N6O2. The number of benzene rings is 1. The van der Waals surface area contributed by atoms with Crippen molar-refractivity contribution in [3.8, 4) is 22.5 Å². The van der Waals surface area contributed by atoms with Crippen LogP contribution in [0.4, 0.5) is 0 Å². The molecule has 0 aliphatic carbocycles. The van der Waals surface area contributed by atoms with Crippen molar-refractivity contribution in [2.24, 2.45) is 7.05 Å². The summed E-state index contributed by atoms with van der Waals surface area (Å²) in [5.74, 6) is 0.108. The van der Waals surface area contributed by atoms with Crippen LogP contribution in [0, 0.1) is 0 Å². The number of aromatic nitrogens is 5. The van der Waals surface area contributed by atoms with Gasteiger partial charge in [-0.15, -0.1) is 0 Å². The van der Waals surface area contributed by atoms with Gasteiger partial charge in [0.05, 0.1) is 23.6 Å². The van der Waals surface area contributed by atoms with Crippen molar-refractivity contribution in [3.63, 3.8) is 0 Å². The van der Waals surface area contributed by atoms with E-state index in [1.54, 1.807) is 11.6 Å². The second kappa shape index (κ2) is 8.36. The Hall–Kier alpha value is -3.52. The molecule has 1 aromatic carbocycles. The van der Waals surface area contributed by atoms with Crippen LogP contribution in [0.3, 0.4) is 0 Å². The van der Waals surface area contributed by atoms with E-state index in [1.807, 2.05) is 30.5 Å². The minimum atomic E-state index is 0.108. The van der Waals surface area contributed by atoms with Gasteiger partial charge in [-0.2, -0.15) is 10.2 Å². The maximum atomic E-state index is 12.2. The van der Waals surface area contributed by atoms with Crippen LogP contribution in [0.15, 0.2) is 42.9 Å². The Morgan fingerprint density at radius 1 is 1.18 bits per heavy atom. The van der Waals surface area contributed by atoms with Crippen molar-refractivity contribution in [2.75, 3.05) is 19.8 Å². The predicted octanol–water partition coefficient (Wildman–Crippen LogP) is 3.75. The largest absolute Gasteiger partial charge is 0.381 e. The Kier molecular flexibility index (Phi) is 5.17. The van der Waals surface area contributed by atoms with Gasteiger partial charge in [0.2, 0.25) is 5.91 Å². The van der Waals surface area contributed by atoms with Crippen molar-refractivity contribution < 1.29 is 9.53 Å². The first kappa shape index (κ1) is 21.0. The maximum absolute atomic E-state index is 12.2. The highest BCUT2D eigenvalue weighted by molar-refractivity contribution is 5.97. The number of hydrogen-bond donors (Lipinski definition) is 0. The molecule has 0 unspecified atom stereocenters. The average molecular weight is 457 g/mol. The molecule has 0 radical (unpaired) electrons.